The van der Waals surface area contributed by atoms with E-state index in [2.05, 4.69) is 15.5 Å². The Morgan fingerprint density at radius 2 is 1.61 bits per heavy atom. The number of H-pyrrole nitrogens is 1. The number of carbonyl (C=O) groups excluding carboxylic acids is 1. The molecule has 4 rings (SSSR count). The lowest BCUT2D eigenvalue weighted by Crippen LogP contribution is -2.13. The van der Waals surface area contributed by atoms with Gasteiger partial charge in [-0.15, -0.1) is 0 Å². The van der Waals surface area contributed by atoms with E-state index >= 15 is 0 Å². The van der Waals surface area contributed by atoms with E-state index in [0.717, 1.165) is 16.6 Å². The molecule has 0 aliphatic heterocycles. The summed E-state index contributed by atoms with van der Waals surface area (Å²) in [5.41, 5.74) is 3.58. The van der Waals surface area contributed by atoms with Crippen molar-refractivity contribution in [3.63, 3.8) is 0 Å². The quantitative estimate of drug-likeness (QED) is 0.357. The van der Waals surface area contributed by atoms with E-state index in [1.807, 2.05) is 49.3 Å². The highest BCUT2D eigenvalue weighted by Crippen LogP contribution is 2.46. The summed E-state index contributed by atoms with van der Waals surface area (Å²) in [4.78, 5) is 14.7. The number of benzene rings is 3. The SMILES string of the molecule is COc1cc(OC)c(Cl)c(-c2ccc3c(NC(=O)c4ccc(N(C)C)cc4)n[nH]c3c2)c1Cl. The highest BCUT2D eigenvalue weighted by Gasteiger charge is 2.20. The van der Waals surface area contributed by atoms with Gasteiger partial charge in [-0.2, -0.15) is 5.10 Å². The second-order valence-corrected chi connectivity index (χ2v) is 8.27. The van der Waals surface area contributed by atoms with Crippen LogP contribution in [-0.4, -0.2) is 44.4 Å². The summed E-state index contributed by atoms with van der Waals surface area (Å²) in [5.74, 6) is 1.08. The van der Waals surface area contributed by atoms with Gasteiger partial charge in [-0.25, -0.2) is 0 Å². The standard InChI is InChI=1S/C24H22Cl2N4O3/c1-30(2)15-8-5-13(6-9-15)24(31)27-23-16-10-7-14(11-17(16)28-29-23)20-21(25)18(32-3)12-19(33-4)22(20)26/h5-12H,1-4H3,(H2,27,28,29,31). The van der Waals surface area contributed by atoms with Gasteiger partial charge in [0.1, 0.15) is 11.5 Å². The Morgan fingerprint density at radius 1 is 0.970 bits per heavy atom. The molecule has 0 atom stereocenters. The van der Waals surface area contributed by atoms with E-state index in [9.17, 15) is 4.79 Å². The van der Waals surface area contributed by atoms with Crippen molar-refractivity contribution in [1.29, 1.82) is 0 Å². The Labute approximate surface area is 201 Å². The van der Waals surface area contributed by atoms with Crippen LogP contribution in [0.1, 0.15) is 10.4 Å². The second kappa shape index (κ2) is 9.21. The number of hydrogen-bond acceptors (Lipinski definition) is 5. The second-order valence-electron chi connectivity index (χ2n) is 7.51. The molecule has 7 nitrogen and oxygen atoms in total. The number of nitrogens with one attached hydrogen (secondary N) is 2. The van der Waals surface area contributed by atoms with Crippen molar-refractivity contribution in [2.75, 3.05) is 38.5 Å². The summed E-state index contributed by atoms with van der Waals surface area (Å²) in [5, 5.41) is 11.6. The molecule has 3 aromatic carbocycles. The normalized spacial score (nSPS) is 10.8. The molecule has 33 heavy (non-hydrogen) atoms. The van der Waals surface area contributed by atoms with Crippen LogP contribution in [0.5, 0.6) is 11.5 Å². The Balaban J connectivity index is 1.67. The van der Waals surface area contributed by atoms with E-state index < -0.39 is 0 Å². The Morgan fingerprint density at radius 3 is 2.18 bits per heavy atom. The van der Waals surface area contributed by atoms with Gasteiger partial charge in [-0.3, -0.25) is 9.89 Å². The first kappa shape index (κ1) is 22.8. The predicted molar refractivity (Wildman–Crippen MR) is 133 cm³/mol. The van der Waals surface area contributed by atoms with Gasteiger partial charge in [0.15, 0.2) is 5.82 Å². The van der Waals surface area contributed by atoms with Gasteiger partial charge in [-0.05, 0) is 42.0 Å². The number of anilines is 2. The van der Waals surface area contributed by atoms with Crippen LogP contribution in [0.2, 0.25) is 10.0 Å². The monoisotopic (exact) mass is 484 g/mol. The van der Waals surface area contributed by atoms with Gasteiger partial charge in [0, 0.05) is 42.4 Å². The maximum Gasteiger partial charge on any atom is 0.256 e. The molecule has 0 unspecified atom stereocenters. The number of carbonyl (C=O) groups is 1. The van der Waals surface area contributed by atoms with Gasteiger partial charge >= 0.3 is 0 Å². The maximum atomic E-state index is 12.7. The Hall–Kier alpha value is -3.42. The van der Waals surface area contributed by atoms with Crippen molar-refractivity contribution in [2.24, 2.45) is 0 Å². The fourth-order valence-electron chi connectivity index (χ4n) is 3.50. The van der Waals surface area contributed by atoms with Gasteiger partial charge < -0.3 is 19.7 Å². The number of methoxy groups -OCH3 is 2. The zero-order chi connectivity index (χ0) is 23.7. The number of fused-ring (bicyclic) bond motifs is 1. The van der Waals surface area contributed by atoms with Crippen LogP contribution in [0, 0.1) is 0 Å². The molecule has 0 saturated carbocycles. The molecule has 0 saturated heterocycles. The van der Waals surface area contributed by atoms with Crippen LogP contribution in [0.15, 0.2) is 48.5 Å². The molecule has 1 aromatic heterocycles. The molecule has 0 aliphatic carbocycles. The molecule has 0 bridgehead atoms. The molecule has 0 aliphatic rings. The van der Waals surface area contributed by atoms with Gasteiger partial charge in [0.2, 0.25) is 0 Å². The summed E-state index contributed by atoms with van der Waals surface area (Å²) >= 11 is 13.1. The lowest BCUT2D eigenvalue weighted by molar-refractivity contribution is 0.102. The van der Waals surface area contributed by atoms with Crippen LogP contribution in [0.4, 0.5) is 11.5 Å². The number of halogens is 2. The number of aromatic nitrogens is 2. The first-order valence-corrected chi connectivity index (χ1v) is 10.8. The van der Waals surface area contributed by atoms with Crippen molar-refractivity contribution in [1.82, 2.24) is 10.2 Å². The first-order valence-electron chi connectivity index (χ1n) is 10.0. The van der Waals surface area contributed by atoms with Gasteiger partial charge in [0.25, 0.3) is 5.91 Å². The van der Waals surface area contributed by atoms with E-state index in [1.54, 1.807) is 18.2 Å². The minimum atomic E-state index is -0.249. The fourth-order valence-corrected chi connectivity index (χ4v) is 4.22. The van der Waals surface area contributed by atoms with Crippen LogP contribution in [0.25, 0.3) is 22.0 Å². The lowest BCUT2D eigenvalue weighted by Gasteiger charge is -2.15. The third kappa shape index (κ3) is 4.29. The number of rotatable bonds is 6. The van der Waals surface area contributed by atoms with Crippen molar-refractivity contribution in [2.45, 2.75) is 0 Å². The largest absolute Gasteiger partial charge is 0.495 e. The van der Waals surface area contributed by atoms with Crippen molar-refractivity contribution in [3.8, 4) is 22.6 Å². The van der Waals surface area contributed by atoms with Crippen molar-refractivity contribution >= 4 is 51.5 Å². The zero-order valence-electron chi connectivity index (χ0n) is 18.5. The molecular weight excluding hydrogens is 463 g/mol. The minimum Gasteiger partial charge on any atom is -0.495 e. The van der Waals surface area contributed by atoms with Gasteiger partial charge in [-0.1, -0.05) is 29.3 Å². The van der Waals surface area contributed by atoms with Crippen molar-refractivity contribution in [3.05, 3.63) is 64.1 Å². The summed E-state index contributed by atoms with van der Waals surface area (Å²) in [6.07, 6.45) is 0. The number of aromatic amines is 1. The predicted octanol–water partition coefficient (Wildman–Crippen LogP) is 5.87. The molecule has 0 fully saturated rings. The molecule has 1 amide bonds. The summed E-state index contributed by atoms with van der Waals surface area (Å²) in [7, 11) is 6.95. The van der Waals surface area contributed by atoms with Crippen molar-refractivity contribution < 1.29 is 14.3 Å². The van der Waals surface area contributed by atoms with Crippen LogP contribution in [0.3, 0.4) is 0 Å². The fraction of sp³-hybridized carbons (Fsp3) is 0.167. The number of hydrogen-bond donors (Lipinski definition) is 2. The summed E-state index contributed by atoms with van der Waals surface area (Å²) < 4.78 is 10.7. The molecular formula is C24H22Cl2N4O3. The molecule has 170 valence electrons. The van der Waals surface area contributed by atoms with E-state index in [4.69, 9.17) is 32.7 Å². The molecule has 0 radical (unpaired) electrons. The lowest BCUT2D eigenvalue weighted by atomic mass is 10.0. The number of nitrogens with zero attached hydrogens (tertiary/aromatic N) is 2. The Kier molecular flexibility index (Phi) is 6.35. The summed E-state index contributed by atoms with van der Waals surface area (Å²) in [6.45, 7) is 0. The number of ether oxygens (including phenoxy) is 2. The highest BCUT2D eigenvalue weighted by molar-refractivity contribution is 6.41. The maximum absolute atomic E-state index is 12.7. The van der Waals surface area contributed by atoms with Crippen LogP contribution >= 0.6 is 23.2 Å². The average molecular weight is 485 g/mol. The molecule has 0 spiro atoms. The zero-order valence-corrected chi connectivity index (χ0v) is 20.0. The third-order valence-electron chi connectivity index (χ3n) is 5.30. The topological polar surface area (TPSA) is 79.5 Å². The summed E-state index contributed by atoms with van der Waals surface area (Å²) in [6, 6.07) is 14.5. The average Bonchev–Trinajstić information content (AvgIpc) is 3.21. The highest BCUT2D eigenvalue weighted by atomic mass is 35.5. The van der Waals surface area contributed by atoms with E-state index in [-0.39, 0.29) is 5.91 Å². The van der Waals surface area contributed by atoms with Gasteiger partial charge in [0.05, 0.1) is 29.8 Å². The van der Waals surface area contributed by atoms with Crippen LogP contribution in [-0.2, 0) is 0 Å². The minimum absolute atomic E-state index is 0.249. The Bertz CT molecular complexity index is 1310. The third-order valence-corrected chi connectivity index (χ3v) is 6.05. The van der Waals surface area contributed by atoms with E-state index in [1.165, 1.54) is 14.2 Å². The molecule has 4 aromatic rings. The first-order chi connectivity index (χ1) is 15.8. The van der Waals surface area contributed by atoms with Crippen LogP contribution < -0.4 is 19.7 Å². The number of amides is 1. The molecule has 1 heterocycles. The van der Waals surface area contributed by atoms with E-state index in [0.29, 0.717) is 44.0 Å². The smallest absolute Gasteiger partial charge is 0.256 e. The molecule has 9 heteroatoms. The molecule has 2 N–H and O–H groups in total.